The van der Waals surface area contributed by atoms with E-state index in [0.717, 1.165) is 10.7 Å². The summed E-state index contributed by atoms with van der Waals surface area (Å²) >= 11 is 0. The SMILES string of the molecule is O=C(N1CC(n2nccc2[N+](=O)[O-])C1)C(F)(F)F. The van der Waals surface area contributed by atoms with Gasteiger partial charge in [0.1, 0.15) is 0 Å². The topological polar surface area (TPSA) is 81.3 Å². The van der Waals surface area contributed by atoms with Crippen molar-refractivity contribution in [3.8, 4) is 0 Å². The van der Waals surface area contributed by atoms with E-state index in [1.807, 2.05) is 0 Å². The minimum atomic E-state index is -4.92. The number of halogens is 3. The second kappa shape index (κ2) is 3.96. The molecule has 2 rings (SSSR count). The first-order valence-electron chi connectivity index (χ1n) is 4.84. The maximum absolute atomic E-state index is 12.1. The van der Waals surface area contributed by atoms with E-state index in [1.165, 1.54) is 6.20 Å². The molecule has 1 amide bonds. The molecule has 0 spiro atoms. The van der Waals surface area contributed by atoms with Crippen LogP contribution >= 0.6 is 0 Å². The molecule has 1 aromatic rings. The van der Waals surface area contributed by atoms with Crippen LogP contribution in [0.1, 0.15) is 6.04 Å². The molecule has 1 fully saturated rings. The van der Waals surface area contributed by atoms with Gasteiger partial charge in [0.25, 0.3) is 0 Å². The minimum absolute atomic E-state index is 0.235. The van der Waals surface area contributed by atoms with Gasteiger partial charge in [-0.15, -0.1) is 4.68 Å². The second-order valence-corrected chi connectivity index (χ2v) is 3.75. The van der Waals surface area contributed by atoms with Crippen LogP contribution in [0.25, 0.3) is 0 Å². The predicted molar refractivity (Wildman–Crippen MR) is 50.6 cm³/mol. The number of hydrogen-bond donors (Lipinski definition) is 0. The number of likely N-dealkylation sites (tertiary alicyclic amines) is 1. The molecule has 0 unspecified atom stereocenters. The quantitative estimate of drug-likeness (QED) is 0.582. The van der Waals surface area contributed by atoms with Crippen molar-refractivity contribution in [2.24, 2.45) is 0 Å². The molecule has 2 heterocycles. The fraction of sp³-hybridized carbons (Fsp3) is 0.500. The van der Waals surface area contributed by atoms with Crippen molar-refractivity contribution in [3.63, 3.8) is 0 Å². The second-order valence-electron chi connectivity index (χ2n) is 3.75. The first kappa shape index (κ1) is 12.3. The van der Waals surface area contributed by atoms with Crippen LogP contribution in [0.4, 0.5) is 19.0 Å². The van der Waals surface area contributed by atoms with Crippen molar-refractivity contribution in [2.75, 3.05) is 13.1 Å². The average Bonchev–Trinajstić information content (AvgIpc) is 2.62. The van der Waals surface area contributed by atoms with E-state index < -0.39 is 23.0 Å². The number of nitrogens with zero attached hydrogens (tertiary/aromatic N) is 4. The Hall–Kier alpha value is -2.13. The summed E-state index contributed by atoms with van der Waals surface area (Å²) in [6.45, 7) is -0.471. The van der Waals surface area contributed by atoms with Gasteiger partial charge in [-0.25, -0.2) is 0 Å². The van der Waals surface area contributed by atoms with Gasteiger partial charge in [0.15, 0.2) is 6.04 Å². The molecule has 0 atom stereocenters. The molecule has 1 aliphatic rings. The monoisotopic (exact) mass is 264 g/mol. The van der Waals surface area contributed by atoms with Crippen LogP contribution < -0.4 is 0 Å². The number of rotatable bonds is 2. The van der Waals surface area contributed by atoms with Crippen LogP contribution in [0, 0.1) is 10.1 Å². The van der Waals surface area contributed by atoms with Crippen molar-refractivity contribution in [3.05, 3.63) is 22.4 Å². The van der Waals surface area contributed by atoms with Crippen LogP contribution in [-0.4, -0.2) is 44.8 Å². The minimum Gasteiger partial charge on any atom is -0.358 e. The fourth-order valence-corrected chi connectivity index (χ4v) is 1.69. The van der Waals surface area contributed by atoms with Crippen LogP contribution in [0.15, 0.2) is 12.3 Å². The molecule has 0 N–H and O–H groups in total. The van der Waals surface area contributed by atoms with Crippen molar-refractivity contribution >= 4 is 11.7 Å². The van der Waals surface area contributed by atoms with Crippen LogP contribution in [0.3, 0.4) is 0 Å². The Balaban J connectivity index is 2.03. The summed E-state index contributed by atoms with van der Waals surface area (Å²) in [4.78, 5) is 21.3. The van der Waals surface area contributed by atoms with Crippen LogP contribution in [0.2, 0.25) is 0 Å². The molecule has 0 radical (unpaired) electrons. The lowest BCUT2D eigenvalue weighted by Crippen LogP contribution is -2.55. The highest BCUT2D eigenvalue weighted by molar-refractivity contribution is 5.82. The molecule has 0 saturated carbocycles. The molecular weight excluding hydrogens is 257 g/mol. The summed E-state index contributed by atoms with van der Waals surface area (Å²) in [6, 6.07) is 0.556. The maximum Gasteiger partial charge on any atom is 0.471 e. The van der Waals surface area contributed by atoms with E-state index in [9.17, 15) is 28.1 Å². The number of amides is 1. The van der Waals surface area contributed by atoms with E-state index in [2.05, 4.69) is 5.10 Å². The van der Waals surface area contributed by atoms with Crippen molar-refractivity contribution < 1.29 is 22.9 Å². The highest BCUT2D eigenvalue weighted by Crippen LogP contribution is 2.29. The Labute approximate surface area is 97.9 Å². The van der Waals surface area contributed by atoms with Crippen LogP contribution in [0.5, 0.6) is 0 Å². The van der Waals surface area contributed by atoms with Gasteiger partial charge in [0, 0.05) is 0 Å². The van der Waals surface area contributed by atoms with Gasteiger partial charge in [0.2, 0.25) is 0 Å². The zero-order chi connectivity index (χ0) is 13.5. The lowest BCUT2D eigenvalue weighted by atomic mass is 10.1. The Bertz CT molecular complexity index is 492. The lowest BCUT2D eigenvalue weighted by molar-refractivity contribution is -0.393. The van der Waals surface area contributed by atoms with E-state index in [1.54, 1.807) is 0 Å². The zero-order valence-corrected chi connectivity index (χ0v) is 8.79. The Morgan fingerprint density at radius 3 is 2.61 bits per heavy atom. The van der Waals surface area contributed by atoms with Gasteiger partial charge in [-0.05, 0) is 4.92 Å². The van der Waals surface area contributed by atoms with Gasteiger partial charge in [-0.3, -0.25) is 4.79 Å². The first-order valence-corrected chi connectivity index (χ1v) is 4.84. The van der Waals surface area contributed by atoms with E-state index in [0.29, 0.717) is 4.90 Å². The highest BCUT2D eigenvalue weighted by atomic mass is 19.4. The summed E-state index contributed by atoms with van der Waals surface area (Å²) in [5.41, 5.74) is 0. The number of carbonyl (C=O) groups excluding carboxylic acids is 1. The first-order chi connectivity index (χ1) is 8.30. The van der Waals surface area contributed by atoms with E-state index in [-0.39, 0.29) is 18.9 Å². The molecule has 0 aliphatic carbocycles. The Morgan fingerprint density at radius 2 is 2.11 bits per heavy atom. The van der Waals surface area contributed by atoms with Gasteiger partial charge in [-0.1, -0.05) is 5.10 Å². The number of nitro groups is 1. The van der Waals surface area contributed by atoms with E-state index >= 15 is 0 Å². The number of carbonyl (C=O) groups is 1. The average molecular weight is 264 g/mol. The van der Waals surface area contributed by atoms with Gasteiger partial charge < -0.3 is 15.0 Å². The van der Waals surface area contributed by atoms with Gasteiger partial charge in [-0.2, -0.15) is 13.2 Å². The lowest BCUT2D eigenvalue weighted by Gasteiger charge is -2.36. The third-order valence-electron chi connectivity index (χ3n) is 2.57. The normalized spacial score (nSPS) is 16.5. The molecule has 1 aliphatic heterocycles. The summed E-state index contributed by atoms with van der Waals surface area (Å²) < 4.78 is 37.2. The smallest absolute Gasteiger partial charge is 0.358 e. The molecule has 18 heavy (non-hydrogen) atoms. The summed E-state index contributed by atoms with van der Waals surface area (Å²) in [5, 5.41) is 14.3. The van der Waals surface area contributed by atoms with E-state index in [4.69, 9.17) is 0 Å². The number of hydrogen-bond acceptors (Lipinski definition) is 4. The van der Waals surface area contributed by atoms with Crippen LogP contribution in [-0.2, 0) is 4.79 Å². The van der Waals surface area contributed by atoms with Crippen molar-refractivity contribution in [2.45, 2.75) is 12.2 Å². The fourth-order valence-electron chi connectivity index (χ4n) is 1.69. The molecule has 10 heteroatoms. The standard InChI is InChI=1S/C8H7F3N4O3/c9-8(10,11)7(16)13-3-5(4-13)14-6(15(17)18)1-2-12-14/h1-2,5H,3-4H2. The number of aromatic nitrogens is 2. The molecule has 1 saturated heterocycles. The van der Waals surface area contributed by atoms with Crippen molar-refractivity contribution in [1.29, 1.82) is 0 Å². The molecule has 0 aromatic carbocycles. The van der Waals surface area contributed by atoms with Gasteiger partial charge in [0.05, 0.1) is 25.4 Å². The maximum atomic E-state index is 12.1. The zero-order valence-electron chi connectivity index (χ0n) is 8.79. The number of alkyl halides is 3. The Morgan fingerprint density at radius 1 is 1.50 bits per heavy atom. The third-order valence-corrected chi connectivity index (χ3v) is 2.57. The predicted octanol–water partition coefficient (Wildman–Crippen LogP) is 0.737. The molecular formula is C8H7F3N4O3. The summed E-state index contributed by atoms with van der Waals surface area (Å²) in [7, 11) is 0. The third kappa shape index (κ3) is 2.00. The Kier molecular flexibility index (Phi) is 2.71. The molecule has 1 aromatic heterocycles. The summed E-state index contributed by atoms with van der Waals surface area (Å²) in [5.74, 6) is -2.24. The van der Waals surface area contributed by atoms with Crippen molar-refractivity contribution in [1.82, 2.24) is 14.7 Å². The largest absolute Gasteiger partial charge is 0.471 e. The highest BCUT2D eigenvalue weighted by Gasteiger charge is 2.49. The molecule has 0 bridgehead atoms. The summed E-state index contributed by atoms with van der Waals surface area (Å²) in [6.07, 6.45) is -3.73. The molecule has 98 valence electrons. The molecule has 7 nitrogen and oxygen atoms in total. The van der Waals surface area contributed by atoms with Gasteiger partial charge >= 0.3 is 17.9 Å².